The molecule has 7 nitrogen and oxygen atoms in total. The van der Waals surface area contributed by atoms with Gasteiger partial charge in [0.1, 0.15) is 5.82 Å². The van der Waals surface area contributed by atoms with E-state index in [1.54, 1.807) is 12.1 Å². The zero-order valence-electron chi connectivity index (χ0n) is 17.5. The highest BCUT2D eigenvalue weighted by atomic mass is 19.4. The van der Waals surface area contributed by atoms with Crippen LogP contribution in [0.1, 0.15) is 21.7 Å². The van der Waals surface area contributed by atoms with Crippen LogP contribution < -0.4 is 5.32 Å². The van der Waals surface area contributed by atoms with Crippen LogP contribution in [0.5, 0.6) is 0 Å². The van der Waals surface area contributed by atoms with E-state index in [-0.39, 0.29) is 5.69 Å². The second-order valence-electron chi connectivity index (χ2n) is 7.53. The van der Waals surface area contributed by atoms with Gasteiger partial charge in [0.2, 0.25) is 0 Å². The highest BCUT2D eigenvalue weighted by Crippen LogP contribution is 2.33. The van der Waals surface area contributed by atoms with Gasteiger partial charge in [0.25, 0.3) is 5.91 Å². The number of nitrogens with one attached hydrogen (secondary N) is 1. The topological polar surface area (TPSA) is 72.3 Å². The van der Waals surface area contributed by atoms with Crippen LogP contribution in [0.2, 0.25) is 0 Å². The van der Waals surface area contributed by atoms with Crippen molar-refractivity contribution in [2.24, 2.45) is 0 Å². The van der Waals surface area contributed by atoms with E-state index in [1.807, 2.05) is 12.1 Å². The van der Waals surface area contributed by atoms with Crippen LogP contribution in [0.3, 0.4) is 0 Å². The molecule has 4 rings (SSSR count). The molecule has 1 amide bonds. The first-order chi connectivity index (χ1) is 15.8. The second-order valence-corrected chi connectivity index (χ2v) is 7.53. The Morgan fingerprint density at radius 2 is 1.70 bits per heavy atom. The lowest BCUT2D eigenvalue weighted by atomic mass is 10.1. The number of carbonyl (C=O) groups is 1. The van der Waals surface area contributed by atoms with Crippen LogP contribution in [0.25, 0.3) is 5.69 Å². The number of ether oxygens (including phenoxy) is 1. The molecule has 0 aliphatic carbocycles. The molecule has 174 valence electrons. The summed E-state index contributed by atoms with van der Waals surface area (Å²) in [4.78, 5) is 14.9. The number of hydrogen-bond acceptors (Lipinski definition) is 5. The van der Waals surface area contributed by atoms with Crippen molar-refractivity contribution in [3.8, 4) is 5.69 Å². The van der Waals surface area contributed by atoms with Crippen LogP contribution in [-0.4, -0.2) is 58.6 Å². The molecule has 11 heteroatoms. The molecule has 0 spiro atoms. The Kier molecular flexibility index (Phi) is 6.70. The third-order valence-electron chi connectivity index (χ3n) is 5.26. The van der Waals surface area contributed by atoms with Crippen LogP contribution in [0, 0.1) is 5.82 Å². The summed E-state index contributed by atoms with van der Waals surface area (Å²) in [5.41, 5.74) is -0.908. The first-order valence-corrected chi connectivity index (χ1v) is 10.3. The maximum absolute atomic E-state index is 13.7. The Morgan fingerprint density at radius 3 is 2.33 bits per heavy atom. The van der Waals surface area contributed by atoms with Gasteiger partial charge in [-0.25, -0.2) is 9.07 Å². The summed E-state index contributed by atoms with van der Waals surface area (Å²) in [6.07, 6.45) is -4.10. The van der Waals surface area contributed by atoms with E-state index in [0.29, 0.717) is 10.4 Å². The van der Waals surface area contributed by atoms with Gasteiger partial charge in [0, 0.05) is 25.3 Å². The number of aromatic nitrogens is 3. The number of benzene rings is 2. The van der Waals surface area contributed by atoms with Crippen molar-refractivity contribution >= 4 is 11.6 Å². The van der Waals surface area contributed by atoms with E-state index in [2.05, 4.69) is 20.5 Å². The van der Waals surface area contributed by atoms with Gasteiger partial charge in [0.05, 0.1) is 18.9 Å². The van der Waals surface area contributed by atoms with Crippen LogP contribution in [0.15, 0.2) is 48.5 Å². The van der Waals surface area contributed by atoms with Gasteiger partial charge < -0.3 is 10.1 Å². The lowest BCUT2D eigenvalue weighted by molar-refractivity contribution is -0.143. The van der Waals surface area contributed by atoms with E-state index in [1.165, 1.54) is 0 Å². The molecule has 0 radical (unpaired) electrons. The van der Waals surface area contributed by atoms with Crippen molar-refractivity contribution in [2.45, 2.75) is 12.6 Å². The Balaban J connectivity index is 1.47. The summed E-state index contributed by atoms with van der Waals surface area (Å²) in [7, 11) is 0. The number of anilines is 1. The average Bonchev–Trinajstić information content (AvgIpc) is 3.26. The smallest absolute Gasteiger partial charge is 0.379 e. The van der Waals surface area contributed by atoms with Crippen LogP contribution >= 0.6 is 0 Å². The van der Waals surface area contributed by atoms with Gasteiger partial charge in [-0.1, -0.05) is 17.3 Å². The van der Waals surface area contributed by atoms with Crippen molar-refractivity contribution in [2.75, 3.05) is 38.2 Å². The summed E-state index contributed by atoms with van der Waals surface area (Å²) < 4.78 is 60.1. The molecule has 1 aromatic heterocycles. The van der Waals surface area contributed by atoms with Gasteiger partial charge in [-0.3, -0.25) is 9.69 Å². The van der Waals surface area contributed by atoms with Crippen molar-refractivity contribution < 1.29 is 27.1 Å². The Hall–Kier alpha value is -3.31. The summed E-state index contributed by atoms with van der Waals surface area (Å²) in [5.74, 6) is -1.66. The fourth-order valence-electron chi connectivity index (χ4n) is 3.51. The van der Waals surface area contributed by atoms with E-state index in [4.69, 9.17) is 4.74 Å². The second kappa shape index (κ2) is 9.67. The highest BCUT2D eigenvalue weighted by molar-refractivity contribution is 6.03. The first-order valence-electron chi connectivity index (χ1n) is 10.3. The normalized spacial score (nSPS) is 14.9. The number of rotatable bonds is 6. The quantitative estimate of drug-likeness (QED) is 0.566. The summed E-state index contributed by atoms with van der Waals surface area (Å²) in [5, 5.41) is 9.36. The number of alkyl halides is 3. The van der Waals surface area contributed by atoms with Crippen molar-refractivity contribution in [1.29, 1.82) is 0 Å². The molecule has 0 atom stereocenters. The largest absolute Gasteiger partial charge is 0.435 e. The molecule has 1 saturated heterocycles. The van der Waals surface area contributed by atoms with Gasteiger partial charge in [-0.15, -0.1) is 5.10 Å². The van der Waals surface area contributed by atoms with Gasteiger partial charge in [-0.2, -0.15) is 13.2 Å². The number of hydrogen-bond donors (Lipinski definition) is 1. The van der Waals surface area contributed by atoms with E-state index >= 15 is 0 Å². The molecule has 0 saturated carbocycles. The maximum atomic E-state index is 13.7. The number of carbonyl (C=O) groups excluding carboxylic acids is 1. The molecule has 33 heavy (non-hydrogen) atoms. The number of halogens is 4. The van der Waals surface area contributed by atoms with Crippen molar-refractivity contribution in [3.63, 3.8) is 0 Å². The molecule has 1 aliphatic heterocycles. The monoisotopic (exact) mass is 463 g/mol. The number of nitrogens with zero attached hydrogens (tertiary/aromatic N) is 4. The fraction of sp³-hybridized carbons (Fsp3) is 0.318. The third-order valence-corrected chi connectivity index (χ3v) is 5.26. The third kappa shape index (κ3) is 5.55. The van der Waals surface area contributed by atoms with Crippen LogP contribution in [-0.2, 0) is 17.3 Å². The fourth-order valence-corrected chi connectivity index (χ4v) is 3.51. The van der Waals surface area contributed by atoms with Crippen molar-refractivity contribution in [3.05, 3.63) is 71.3 Å². The predicted octanol–water partition coefficient (Wildman–Crippen LogP) is 3.55. The standard InChI is InChI=1S/C22H21F4N5O2/c23-16-3-7-18(8-4-16)31-20(22(24,25)26)19(28-29-31)21(32)27-17-5-1-15(2-6-17)9-10-30-11-13-33-14-12-30/h1-8H,9-14H2,(H,27,32). The van der Waals surface area contributed by atoms with Gasteiger partial charge in [0.15, 0.2) is 11.4 Å². The number of amides is 1. The molecule has 2 heterocycles. The Labute approximate surface area is 187 Å². The van der Waals surface area contributed by atoms with E-state index in [9.17, 15) is 22.4 Å². The lowest BCUT2D eigenvalue weighted by Crippen LogP contribution is -2.37. The SMILES string of the molecule is O=C(Nc1ccc(CCN2CCOCC2)cc1)c1nnn(-c2ccc(F)cc2)c1C(F)(F)F. The lowest BCUT2D eigenvalue weighted by Gasteiger charge is -2.26. The summed E-state index contributed by atoms with van der Waals surface area (Å²) >= 11 is 0. The zero-order valence-corrected chi connectivity index (χ0v) is 17.5. The summed E-state index contributed by atoms with van der Waals surface area (Å²) in [6.45, 7) is 4.08. The maximum Gasteiger partial charge on any atom is 0.435 e. The van der Waals surface area contributed by atoms with E-state index in [0.717, 1.165) is 69.1 Å². The minimum absolute atomic E-state index is 0.0695. The van der Waals surface area contributed by atoms with Crippen LogP contribution in [0.4, 0.5) is 23.2 Å². The molecule has 3 aromatic rings. The highest BCUT2D eigenvalue weighted by Gasteiger charge is 2.42. The van der Waals surface area contributed by atoms with Gasteiger partial charge in [-0.05, 0) is 48.4 Å². The van der Waals surface area contributed by atoms with Gasteiger partial charge >= 0.3 is 6.18 Å². The molecule has 1 N–H and O–H groups in total. The van der Waals surface area contributed by atoms with Crippen molar-refractivity contribution in [1.82, 2.24) is 19.9 Å². The summed E-state index contributed by atoms with van der Waals surface area (Å²) in [6, 6.07) is 11.1. The minimum Gasteiger partial charge on any atom is -0.379 e. The average molecular weight is 463 g/mol. The molecule has 1 fully saturated rings. The Morgan fingerprint density at radius 1 is 1.03 bits per heavy atom. The molecule has 0 unspecified atom stereocenters. The number of morpholine rings is 1. The van der Waals surface area contributed by atoms with E-state index < -0.39 is 29.3 Å². The first kappa shape index (κ1) is 22.9. The molecule has 1 aliphatic rings. The Bertz CT molecular complexity index is 1090. The minimum atomic E-state index is -4.91. The molecular weight excluding hydrogens is 442 g/mol. The predicted molar refractivity (Wildman–Crippen MR) is 112 cm³/mol. The zero-order chi connectivity index (χ0) is 23.4. The molecule has 2 aromatic carbocycles. The molecule has 0 bridgehead atoms. The molecular formula is C22H21F4N5O2.